The lowest BCUT2D eigenvalue weighted by atomic mass is 10.2. The van der Waals surface area contributed by atoms with Gasteiger partial charge in [0.2, 0.25) is 0 Å². The lowest BCUT2D eigenvalue weighted by Crippen LogP contribution is -2.29. The van der Waals surface area contributed by atoms with Crippen molar-refractivity contribution in [2.24, 2.45) is 10.9 Å². The van der Waals surface area contributed by atoms with Crippen LogP contribution >= 0.6 is 0 Å². The number of carbonyl (C=O) groups is 3. The molecule has 0 aromatic rings. The van der Waals surface area contributed by atoms with Crippen LogP contribution in [0.2, 0.25) is 0 Å². The molecule has 0 fully saturated rings. The average Bonchev–Trinajstić information content (AvgIpc) is 2.28. The zero-order valence-electron chi connectivity index (χ0n) is 10.4. The van der Waals surface area contributed by atoms with E-state index in [-0.39, 0.29) is 26.2 Å². The van der Waals surface area contributed by atoms with Gasteiger partial charge in [-0.2, -0.15) is 0 Å². The maximum absolute atomic E-state index is 11.4. The first-order valence-corrected chi connectivity index (χ1v) is 5.55. The summed E-state index contributed by atoms with van der Waals surface area (Å²) in [5, 5.41) is 10.1. The Labute approximate surface area is 105 Å². The van der Waals surface area contributed by atoms with Crippen LogP contribution in [0.5, 0.6) is 0 Å². The first-order chi connectivity index (χ1) is 8.52. The fraction of sp³-hybridized carbons (Fsp3) is 0.636. The van der Waals surface area contributed by atoms with Gasteiger partial charge in [0.1, 0.15) is 0 Å². The van der Waals surface area contributed by atoms with Gasteiger partial charge in [0.15, 0.2) is 5.92 Å². The molecule has 18 heavy (non-hydrogen) atoms. The molecule has 0 N–H and O–H groups in total. The van der Waals surface area contributed by atoms with E-state index in [0.717, 1.165) is 6.21 Å². The third-order valence-corrected chi connectivity index (χ3v) is 1.78. The number of aliphatic carboxylic acids is 1. The number of carbonyl (C=O) groups excluding carboxylic acids is 3. The van der Waals surface area contributed by atoms with E-state index in [9.17, 15) is 19.5 Å². The highest BCUT2D eigenvalue weighted by Crippen LogP contribution is 2.01. The van der Waals surface area contributed by atoms with Crippen molar-refractivity contribution < 1.29 is 29.0 Å². The molecule has 0 spiro atoms. The predicted molar refractivity (Wildman–Crippen MR) is 59.7 cm³/mol. The van der Waals surface area contributed by atoms with Gasteiger partial charge in [-0.1, -0.05) is 0 Å². The van der Waals surface area contributed by atoms with Crippen molar-refractivity contribution in [3.05, 3.63) is 0 Å². The first-order valence-electron chi connectivity index (χ1n) is 5.55. The number of esters is 2. The number of rotatable bonds is 8. The van der Waals surface area contributed by atoms with Gasteiger partial charge in [-0.05, 0) is 13.8 Å². The molecule has 0 rings (SSSR count). The van der Waals surface area contributed by atoms with Crippen LogP contribution < -0.4 is 5.11 Å². The molecule has 0 atom stereocenters. The highest BCUT2D eigenvalue weighted by atomic mass is 16.6. The molecule has 7 nitrogen and oxygen atoms in total. The number of aliphatic imine (C=N–C) groups is 1. The van der Waals surface area contributed by atoms with E-state index in [1.807, 2.05) is 0 Å². The van der Waals surface area contributed by atoms with Crippen LogP contribution in [0, 0.1) is 5.92 Å². The van der Waals surface area contributed by atoms with Crippen molar-refractivity contribution >= 4 is 24.1 Å². The van der Waals surface area contributed by atoms with Crippen molar-refractivity contribution in [2.75, 3.05) is 19.8 Å². The summed E-state index contributed by atoms with van der Waals surface area (Å²) in [6.07, 6.45) is 0.758. The maximum atomic E-state index is 11.4. The van der Waals surface area contributed by atoms with Crippen LogP contribution in [0.15, 0.2) is 4.99 Å². The normalized spacial score (nSPS) is 10.6. The van der Waals surface area contributed by atoms with Crippen LogP contribution in [-0.4, -0.2) is 43.9 Å². The van der Waals surface area contributed by atoms with Gasteiger partial charge in [0, 0.05) is 25.1 Å². The molecule has 0 aliphatic heterocycles. The summed E-state index contributed by atoms with van der Waals surface area (Å²) in [7, 11) is 0. The molecule has 0 saturated carbocycles. The first kappa shape index (κ1) is 16.1. The average molecular weight is 258 g/mol. The number of carboxylic acid groups (broad SMARTS) is 1. The minimum Gasteiger partial charge on any atom is -0.550 e. The van der Waals surface area contributed by atoms with Gasteiger partial charge < -0.3 is 19.4 Å². The third-order valence-electron chi connectivity index (χ3n) is 1.78. The van der Waals surface area contributed by atoms with Gasteiger partial charge in [-0.3, -0.25) is 14.6 Å². The number of carboxylic acids is 1. The Morgan fingerprint density at radius 1 is 1.17 bits per heavy atom. The SMILES string of the molecule is CCOC(=O)C(C=NCCC(=O)[O-])C(=O)OCC. The van der Waals surface area contributed by atoms with E-state index in [0.29, 0.717) is 0 Å². The largest absolute Gasteiger partial charge is 0.550 e. The van der Waals surface area contributed by atoms with Gasteiger partial charge >= 0.3 is 11.9 Å². The summed E-state index contributed by atoms with van der Waals surface area (Å²) in [5.41, 5.74) is 0. The fourth-order valence-corrected chi connectivity index (χ4v) is 1.02. The van der Waals surface area contributed by atoms with Gasteiger partial charge in [0.05, 0.1) is 13.2 Å². The molecule has 0 bridgehead atoms. The van der Waals surface area contributed by atoms with Crippen LogP contribution in [0.3, 0.4) is 0 Å². The Balaban J connectivity index is 4.50. The number of nitrogens with zero attached hydrogens (tertiary/aromatic N) is 1. The molecular weight excluding hydrogens is 242 g/mol. The summed E-state index contributed by atoms with van der Waals surface area (Å²) in [5.74, 6) is -4.05. The quantitative estimate of drug-likeness (QED) is 0.312. The molecule has 0 unspecified atom stereocenters. The summed E-state index contributed by atoms with van der Waals surface area (Å²) in [6.45, 7) is 3.39. The van der Waals surface area contributed by atoms with Crippen molar-refractivity contribution in [1.29, 1.82) is 0 Å². The van der Waals surface area contributed by atoms with Gasteiger partial charge in [-0.15, -0.1) is 0 Å². The number of hydrogen-bond acceptors (Lipinski definition) is 7. The molecule has 102 valence electrons. The lowest BCUT2D eigenvalue weighted by Gasteiger charge is -2.10. The molecule has 0 aromatic carbocycles. The Kier molecular flexibility index (Phi) is 8.17. The fourth-order valence-electron chi connectivity index (χ4n) is 1.02. The zero-order chi connectivity index (χ0) is 14.0. The van der Waals surface area contributed by atoms with Gasteiger partial charge in [0.25, 0.3) is 0 Å². The van der Waals surface area contributed by atoms with Gasteiger partial charge in [-0.25, -0.2) is 0 Å². The Hall–Kier alpha value is -1.92. The predicted octanol–water partition coefficient (Wildman–Crippen LogP) is -1.06. The molecule has 7 heteroatoms. The molecular formula is C11H16NO6-. The van der Waals surface area contributed by atoms with E-state index >= 15 is 0 Å². The molecule has 0 aromatic heterocycles. The zero-order valence-corrected chi connectivity index (χ0v) is 10.4. The molecule has 0 aliphatic carbocycles. The van der Waals surface area contributed by atoms with E-state index in [1.54, 1.807) is 13.8 Å². The van der Waals surface area contributed by atoms with E-state index in [2.05, 4.69) is 14.5 Å². The topological polar surface area (TPSA) is 105 Å². The van der Waals surface area contributed by atoms with Crippen LogP contribution in [0.1, 0.15) is 20.3 Å². The monoisotopic (exact) mass is 258 g/mol. The Bertz CT molecular complexity index is 307. The van der Waals surface area contributed by atoms with E-state index in [4.69, 9.17) is 0 Å². The second kappa shape index (κ2) is 9.15. The van der Waals surface area contributed by atoms with Crippen molar-refractivity contribution in [2.45, 2.75) is 20.3 Å². The maximum Gasteiger partial charge on any atom is 0.325 e. The lowest BCUT2D eigenvalue weighted by molar-refractivity contribution is -0.305. The second-order valence-corrected chi connectivity index (χ2v) is 3.16. The van der Waals surface area contributed by atoms with Crippen LogP contribution in [-0.2, 0) is 23.9 Å². The van der Waals surface area contributed by atoms with Crippen molar-refractivity contribution in [3.8, 4) is 0 Å². The van der Waals surface area contributed by atoms with Crippen molar-refractivity contribution in [3.63, 3.8) is 0 Å². The number of ether oxygens (including phenoxy) is 2. The number of hydrogen-bond donors (Lipinski definition) is 0. The third kappa shape index (κ3) is 6.62. The highest BCUT2D eigenvalue weighted by Gasteiger charge is 2.27. The van der Waals surface area contributed by atoms with Crippen LogP contribution in [0.4, 0.5) is 0 Å². The Morgan fingerprint density at radius 3 is 2.06 bits per heavy atom. The Morgan fingerprint density at radius 2 is 1.67 bits per heavy atom. The molecule has 0 radical (unpaired) electrons. The molecule has 0 saturated heterocycles. The molecule has 0 aliphatic rings. The summed E-state index contributed by atoms with van der Waals surface area (Å²) in [6, 6.07) is 0. The second-order valence-electron chi connectivity index (χ2n) is 3.16. The summed E-state index contributed by atoms with van der Waals surface area (Å²) < 4.78 is 9.38. The molecule has 0 amide bonds. The minimum atomic E-state index is -1.26. The molecule has 0 heterocycles. The summed E-state index contributed by atoms with van der Waals surface area (Å²) in [4.78, 5) is 36.7. The summed E-state index contributed by atoms with van der Waals surface area (Å²) >= 11 is 0. The van der Waals surface area contributed by atoms with E-state index < -0.39 is 23.8 Å². The smallest absolute Gasteiger partial charge is 0.325 e. The van der Waals surface area contributed by atoms with Crippen LogP contribution in [0.25, 0.3) is 0 Å². The highest BCUT2D eigenvalue weighted by molar-refractivity contribution is 6.09. The van der Waals surface area contributed by atoms with E-state index in [1.165, 1.54) is 0 Å². The van der Waals surface area contributed by atoms with Crippen molar-refractivity contribution in [1.82, 2.24) is 0 Å². The standard InChI is InChI=1S/C11H17NO6/c1-3-17-10(15)8(11(16)18-4-2)7-12-6-5-9(13)14/h7-8H,3-6H2,1-2H3,(H,13,14)/p-1. The minimum absolute atomic E-state index is 0.0718.